The van der Waals surface area contributed by atoms with E-state index in [1.54, 1.807) is 23.0 Å². The lowest BCUT2D eigenvalue weighted by Crippen LogP contribution is -2.28. The molecule has 0 radical (unpaired) electrons. The number of carbonyl (C=O) groups is 1. The van der Waals surface area contributed by atoms with Crippen LogP contribution in [-0.2, 0) is 9.53 Å². The van der Waals surface area contributed by atoms with E-state index in [-0.39, 0.29) is 12.1 Å². The van der Waals surface area contributed by atoms with Gasteiger partial charge in [0, 0.05) is 36.5 Å². The summed E-state index contributed by atoms with van der Waals surface area (Å²) in [4.78, 5) is 25.2. The maximum absolute atomic E-state index is 12.6. The summed E-state index contributed by atoms with van der Waals surface area (Å²) in [6.07, 6.45) is 8.49. The maximum atomic E-state index is 12.6. The number of nitrogen functional groups attached to an aromatic ring is 2. The molecule has 5 heterocycles. The fraction of sp³-hybridized carbons (Fsp3) is 0.211. The predicted octanol–water partition coefficient (Wildman–Crippen LogP) is 1.49. The summed E-state index contributed by atoms with van der Waals surface area (Å²) in [6, 6.07) is 5.07. The lowest BCUT2D eigenvalue weighted by atomic mass is 10.2. The molecular weight excluding hydrogens is 386 g/mol. The van der Waals surface area contributed by atoms with Gasteiger partial charge in [0.2, 0.25) is 0 Å². The van der Waals surface area contributed by atoms with Gasteiger partial charge >= 0.3 is 0 Å². The second-order valence-electron chi connectivity index (χ2n) is 6.95. The quantitative estimate of drug-likeness (QED) is 0.462. The van der Waals surface area contributed by atoms with Gasteiger partial charge in [0.15, 0.2) is 0 Å². The topological polar surface area (TPSA) is 152 Å². The van der Waals surface area contributed by atoms with Crippen molar-refractivity contribution < 1.29 is 9.53 Å². The summed E-state index contributed by atoms with van der Waals surface area (Å²) in [5.41, 5.74) is 13.7. The first-order chi connectivity index (χ1) is 14.6. The van der Waals surface area contributed by atoms with Gasteiger partial charge in [0.25, 0.3) is 5.91 Å². The van der Waals surface area contributed by atoms with Gasteiger partial charge in [-0.25, -0.2) is 19.6 Å². The number of nitrogens with two attached hydrogens (primary N) is 2. The van der Waals surface area contributed by atoms with Crippen LogP contribution in [0.2, 0.25) is 0 Å². The molecule has 11 heteroatoms. The van der Waals surface area contributed by atoms with Gasteiger partial charge in [-0.3, -0.25) is 4.79 Å². The molecule has 0 saturated carbocycles. The number of pyridine rings is 1. The Labute approximate surface area is 170 Å². The summed E-state index contributed by atoms with van der Waals surface area (Å²) in [6.45, 7) is 0. The molecule has 2 atom stereocenters. The van der Waals surface area contributed by atoms with Crippen molar-refractivity contribution in [3.8, 4) is 5.69 Å². The lowest BCUT2D eigenvalue weighted by Gasteiger charge is -2.15. The predicted molar refractivity (Wildman–Crippen MR) is 109 cm³/mol. The molecule has 1 amide bonds. The molecule has 0 spiro atoms. The minimum absolute atomic E-state index is 0.270. The average molecular weight is 405 g/mol. The number of hydrogen-bond donors (Lipinski definition) is 3. The van der Waals surface area contributed by atoms with Crippen LogP contribution in [0.5, 0.6) is 0 Å². The van der Waals surface area contributed by atoms with Crippen molar-refractivity contribution >= 4 is 34.3 Å². The van der Waals surface area contributed by atoms with E-state index in [1.165, 1.54) is 12.5 Å². The smallest absolute Gasteiger partial charge is 0.254 e. The second kappa shape index (κ2) is 7.12. The van der Waals surface area contributed by atoms with Crippen LogP contribution in [0.25, 0.3) is 16.7 Å². The molecule has 30 heavy (non-hydrogen) atoms. The van der Waals surface area contributed by atoms with E-state index >= 15 is 0 Å². The normalized spacial score (nSPS) is 18.7. The highest BCUT2D eigenvalue weighted by atomic mass is 16.5. The first-order valence-corrected chi connectivity index (χ1v) is 9.39. The number of amides is 1. The van der Waals surface area contributed by atoms with E-state index in [0.717, 1.165) is 5.69 Å². The van der Waals surface area contributed by atoms with E-state index in [4.69, 9.17) is 16.2 Å². The molecule has 4 aromatic heterocycles. The molecule has 0 aromatic carbocycles. The van der Waals surface area contributed by atoms with Crippen molar-refractivity contribution in [2.75, 3.05) is 16.8 Å². The minimum Gasteiger partial charge on any atom is -0.399 e. The highest BCUT2D eigenvalue weighted by Crippen LogP contribution is 2.35. The van der Waals surface area contributed by atoms with Gasteiger partial charge < -0.3 is 26.1 Å². The molecule has 4 aromatic rings. The van der Waals surface area contributed by atoms with Crippen molar-refractivity contribution in [2.45, 2.75) is 25.2 Å². The molecule has 0 bridgehead atoms. The van der Waals surface area contributed by atoms with Crippen LogP contribution < -0.4 is 16.8 Å². The Balaban J connectivity index is 1.42. The van der Waals surface area contributed by atoms with Gasteiger partial charge in [-0.2, -0.15) is 5.10 Å². The molecule has 1 saturated heterocycles. The fourth-order valence-electron chi connectivity index (χ4n) is 3.63. The lowest BCUT2D eigenvalue weighted by molar-refractivity contribution is -0.128. The fourth-order valence-corrected chi connectivity index (χ4v) is 3.63. The van der Waals surface area contributed by atoms with E-state index in [2.05, 4.69) is 25.4 Å². The standard InChI is InChI=1S/C19H19N9O2/c20-11-4-6-22-14(8-11)26-19(29)13-2-3-15(30-13)27-9-12(28-7-1-5-25-28)16-17(21)23-10-24-18(16)27/h1,4-10,13,15H,2-3H2,(H2,21,23,24)(H3,20,22,26,29). The summed E-state index contributed by atoms with van der Waals surface area (Å²) < 4.78 is 9.62. The van der Waals surface area contributed by atoms with Crippen molar-refractivity contribution in [1.29, 1.82) is 0 Å². The number of carbonyl (C=O) groups excluding carboxylic acids is 1. The molecular formula is C19H19N9O2. The molecule has 5 N–H and O–H groups in total. The monoisotopic (exact) mass is 405 g/mol. The van der Waals surface area contributed by atoms with E-state index < -0.39 is 6.10 Å². The maximum Gasteiger partial charge on any atom is 0.254 e. The number of hydrogen-bond acceptors (Lipinski definition) is 8. The van der Waals surface area contributed by atoms with Gasteiger partial charge in [-0.05, 0) is 25.0 Å². The second-order valence-corrected chi connectivity index (χ2v) is 6.95. The van der Waals surface area contributed by atoms with Crippen molar-refractivity contribution in [1.82, 2.24) is 29.3 Å². The number of ether oxygens (including phenoxy) is 1. The third-order valence-electron chi connectivity index (χ3n) is 5.01. The highest BCUT2D eigenvalue weighted by molar-refractivity contribution is 5.95. The number of nitrogens with one attached hydrogen (secondary N) is 1. The highest BCUT2D eigenvalue weighted by Gasteiger charge is 2.33. The van der Waals surface area contributed by atoms with Crippen LogP contribution in [-0.4, -0.2) is 41.3 Å². The number of nitrogens with zero attached hydrogens (tertiary/aromatic N) is 6. The summed E-state index contributed by atoms with van der Waals surface area (Å²) in [7, 11) is 0. The molecule has 1 fully saturated rings. The summed E-state index contributed by atoms with van der Waals surface area (Å²) >= 11 is 0. The van der Waals surface area contributed by atoms with Crippen LogP contribution in [0.3, 0.4) is 0 Å². The Bertz CT molecular complexity index is 1220. The number of rotatable bonds is 4. The third kappa shape index (κ3) is 3.10. The van der Waals surface area contributed by atoms with Gasteiger partial charge in [0.1, 0.15) is 35.9 Å². The van der Waals surface area contributed by atoms with Gasteiger partial charge in [-0.1, -0.05) is 0 Å². The van der Waals surface area contributed by atoms with Crippen molar-refractivity contribution in [3.63, 3.8) is 0 Å². The Hall–Kier alpha value is -3.99. The van der Waals surface area contributed by atoms with Gasteiger partial charge in [-0.15, -0.1) is 0 Å². The number of anilines is 3. The van der Waals surface area contributed by atoms with Crippen molar-refractivity contribution in [3.05, 3.63) is 49.3 Å². The molecule has 152 valence electrons. The Kier molecular flexibility index (Phi) is 4.29. The first kappa shape index (κ1) is 18.1. The largest absolute Gasteiger partial charge is 0.399 e. The Morgan fingerprint density at radius 2 is 2.10 bits per heavy atom. The van der Waals surface area contributed by atoms with Crippen LogP contribution in [0.15, 0.2) is 49.3 Å². The van der Waals surface area contributed by atoms with Crippen LogP contribution in [0.1, 0.15) is 19.1 Å². The third-order valence-corrected chi connectivity index (χ3v) is 5.01. The first-order valence-electron chi connectivity index (χ1n) is 9.39. The Morgan fingerprint density at radius 3 is 2.90 bits per heavy atom. The van der Waals surface area contributed by atoms with Crippen LogP contribution >= 0.6 is 0 Å². The summed E-state index contributed by atoms with van der Waals surface area (Å²) in [5.74, 6) is 0.470. The molecule has 1 aliphatic rings. The van der Waals surface area contributed by atoms with Gasteiger partial charge in [0.05, 0.1) is 11.1 Å². The molecule has 1 aliphatic heterocycles. The number of aromatic nitrogens is 6. The zero-order chi connectivity index (χ0) is 20.7. The van der Waals surface area contributed by atoms with Crippen LogP contribution in [0.4, 0.5) is 17.3 Å². The number of fused-ring (bicyclic) bond motifs is 1. The SMILES string of the molecule is Nc1ccnc(NC(=O)C2CCC(n3cc(-n4cccn4)c4c(N)ncnc43)O2)c1. The molecule has 2 unspecified atom stereocenters. The molecule has 11 nitrogen and oxygen atoms in total. The van der Waals surface area contributed by atoms with Crippen molar-refractivity contribution in [2.24, 2.45) is 0 Å². The van der Waals surface area contributed by atoms with E-state index in [9.17, 15) is 4.79 Å². The summed E-state index contributed by atoms with van der Waals surface area (Å²) in [5, 5.41) is 7.71. The van der Waals surface area contributed by atoms with E-state index in [1.807, 2.05) is 23.0 Å². The minimum atomic E-state index is -0.622. The average Bonchev–Trinajstić information content (AvgIpc) is 3.47. The van der Waals surface area contributed by atoms with E-state index in [0.29, 0.717) is 41.2 Å². The zero-order valence-electron chi connectivity index (χ0n) is 15.8. The Morgan fingerprint density at radius 1 is 1.20 bits per heavy atom. The molecule has 5 rings (SSSR count). The van der Waals surface area contributed by atoms with Crippen LogP contribution in [0, 0.1) is 0 Å². The zero-order valence-corrected chi connectivity index (χ0v) is 15.8. The molecule has 0 aliphatic carbocycles.